The van der Waals surface area contributed by atoms with Crippen molar-refractivity contribution in [3.05, 3.63) is 71.8 Å². The molecule has 32 heteroatoms. The van der Waals surface area contributed by atoms with Crippen molar-refractivity contribution in [3.63, 3.8) is 0 Å². The zero-order valence-corrected chi connectivity index (χ0v) is 55.3. The minimum absolute atomic E-state index is 0.0736. The standard InChI is InChI=1S/C63H98N18O13S/c1-37(2)33-45(57(89)74-41(53(68)85)27-32-95-3)73-52(84)36-72-54(86)46(34-38-15-6-4-7-16-38)78-58(90)47(35-39-17-8-5-9-18-39)79-56(88)42(23-25-50(66)82)75-55(87)43(24-26-51(67)83)76-59(91)49-22-14-31-81(49)62(94)44(20-10-11-28-64)77-60(92)48-21-13-30-80(48)61(93)40(65)19-12-29-71-63(69)70/h4-9,15-18,37,40-49H,10-14,19-36,64-65H2,1-3H3,(H2,66,82)(H2,67,83)(H2,68,85)(H,72,86)(H,73,84)(H,74,89)(H,75,87)(H,76,91)(H,77,92)(H,78,90)(H,79,88)(H4,69,70,71)/t40-,41+,42+,43-,44-,45+,46+,47-,48-,49+/m1/s1. The third-order valence-corrected chi connectivity index (χ3v) is 16.7. The van der Waals surface area contributed by atoms with Crippen molar-refractivity contribution < 1.29 is 62.3 Å². The minimum atomic E-state index is -1.64. The van der Waals surface area contributed by atoms with Crippen LogP contribution in [0.5, 0.6) is 0 Å². The highest BCUT2D eigenvalue weighted by Gasteiger charge is 2.42. The predicted molar refractivity (Wildman–Crippen MR) is 356 cm³/mol. The van der Waals surface area contributed by atoms with E-state index >= 15 is 0 Å². The third kappa shape index (κ3) is 27.5. The van der Waals surface area contributed by atoms with Crippen LogP contribution in [0.15, 0.2) is 65.7 Å². The lowest BCUT2D eigenvalue weighted by Crippen LogP contribution is -2.60. The van der Waals surface area contributed by atoms with E-state index in [1.807, 2.05) is 20.1 Å². The molecule has 0 saturated carbocycles. The maximum absolute atomic E-state index is 14.7. The van der Waals surface area contributed by atoms with E-state index in [0.29, 0.717) is 55.4 Å². The molecule has 0 aromatic heterocycles. The number of aliphatic imine (C=N–C) groups is 1. The Kier molecular flexibility index (Phi) is 33.9. The van der Waals surface area contributed by atoms with E-state index in [2.05, 4.69) is 47.5 Å². The van der Waals surface area contributed by atoms with E-state index in [4.69, 9.17) is 40.1 Å². The summed E-state index contributed by atoms with van der Waals surface area (Å²) < 4.78 is 0. The second kappa shape index (κ2) is 41.0. The van der Waals surface area contributed by atoms with E-state index in [0.717, 1.165) is 0 Å². The molecule has 0 aliphatic carbocycles. The molecular weight excluding hydrogens is 1250 g/mol. The quantitative estimate of drug-likeness (QED) is 0.0173. The number of nitrogens with two attached hydrogens (primary N) is 7. The number of primary amides is 3. The number of hydrogen-bond acceptors (Lipinski definition) is 17. The minimum Gasteiger partial charge on any atom is -0.370 e. The third-order valence-electron chi connectivity index (χ3n) is 16.0. The summed E-state index contributed by atoms with van der Waals surface area (Å²) in [6, 6.07) is 4.51. The van der Waals surface area contributed by atoms with E-state index < -0.39 is 169 Å². The average Bonchev–Trinajstić information content (AvgIpc) is 1.74. The van der Waals surface area contributed by atoms with E-state index in [1.54, 1.807) is 60.7 Å². The SMILES string of the molecule is CSCC[C@H](NC(=O)[C@H](CC(C)C)NC(=O)CNC(=O)[C@H](Cc1ccccc1)NC(=O)[C@@H](Cc1ccccc1)NC(=O)[C@H](CCC(N)=O)NC(=O)[C@@H](CCC(N)=O)NC(=O)[C@@H]1CCCN1C(=O)[C@@H](CCCCN)NC(=O)[C@H]1CCCN1C(=O)[C@H](N)CCCN=C(N)N)C(N)=O. The van der Waals surface area contributed by atoms with Gasteiger partial charge in [-0.3, -0.25) is 67.3 Å². The number of thioether (sulfide) groups is 1. The lowest BCUT2D eigenvalue weighted by Gasteiger charge is -2.32. The Labute approximate surface area is 558 Å². The van der Waals surface area contributed by atoms with Crippen molar-refractivity contribution in [1.29, 1.82) is 0 Å². The summed E-state index contributed by atoms with van der Waals surface area (Å²) in [6.45, 7) is 3.86. The van der Waals surface area contributed by atoms with Crippen LogP contribution in [0.25, 0.3) is 0 Å². The number of likely N-dealkylation sites (tertiary alicyclic amines) is 2. The van der Waals surface area contributed by atoms with Gasteiger partial charge in [0.15, 0.2) is 5.96 Å². The van der Waals surface area contributed by atoms with Crippen molar-refractivity contribution in [2.45, 2.75) is 183 Å². The highest BCUT2D eigenvalue weighted by atomic mass is 32.2. The maximum Gasteiger partial charge on any atom is 0.245 e. The first kappa shape index (κ1) is 78.5. The molecule has 2 saturated heterocycles. The summed E-state index contributed by atoms with van der Waals surface area (Å²) >= 11 is 1.45. The van der Waals surface area contributed by atoms with Gasteiger partial charge in [-0.1, -0.05) is 74.5 Å². The van der Waals surface area contributed by atoms with Gasteiger partial charge >= 0.3 is 0 Å². The molecule has 2 aromatic carbocycles. The molecule has 95 heavy (non-hydrogen) atoms. The van der Waals surface area contributed by atoms with Gasteiger partial charge in [0.05, 0.1) is 12.6 Å². The van der Waals surface area contributed by atoms with Crippen LogP contribution in [0.1, 0.15) is 121 Å². The lowest BCUT2D eigenvalue weighted by molar-refractivity contribution is -0.144. The summed E-state index contributed by atoms with van der Waals surface area (Å²) in [5.74, 6) is -9.80. The molecule has 0 bridgehead atoms. The van der Waals surface area contributed by atoms with Crippen LogP contribution < -0.4 is 82.7 Å². The van der Waals surface area contributed by atoms with Crippen molar-refractivity contribution in [2.24, 2.45) is 51.0 Å². The van der Waals surface area contributed by atoms with Crippen LogP contribution in [0, 0.1) is 5.92 Å². The maximum atomic E-state index is 14.7. The Bertz CT molecular complexity index is 2960. The van der Waals surface area contributed by atoms with E-state index in [-0.39, 0.29) is 83.0 Å². The van der Waals surface area contributed by atoms with Crippen LogP contribution in [-0.4, -0.2) is 198 Å². The second-order valence-electron chi connectivity index (χ2n) is 24.1. The molecule has 0 radical (unpaired) electrons. The summed E-state index contributed by atoms with van der Waals surface area (Å²) in [5.41, 5.74) is 40.6. The van der Waals surface area contributed by atoms with Gasteiger partial charge in [0.2, 0.25) is 76.8 Å². The highest BCUT2D eigenvalue weighted by molar-refractivity contribution is 7.98. The molecule has 10 atom stereocenters. The zero-order chi connectivity index (χ0) is 70.1. The normalized spacial score (nSPS) is 16.8. The van der Waals surface area contributed by atoms with Gasteiger partial charge in [-0.15, -0.1) is 0 Å². The summed E-state index contributed by atoms with van der Waals surface area (Å²) in [4.78, 5) is 185. The molecule has 4 rings (SSSR count). The van der Waals surface area contributed by atoms with Gasteiger partial charge in [-0.25, -0.2) is 0 Å². The number of rotatable bonds is 42. The molecule has 22 N–H and O–H groups in total. The van der Waals surface area contributed by atoms with Crippen LogP contribution in [0.2, 0.25) is 0 Å². The lowest BCUT2D eigenvalue weighted by atomic mass is 10.0. The largest absolute Gasteiger partial charge is 0.370 e. The molecular formula is C63H98N18O13S. The van der Waals surface area contributed by atoms with Crippen LogP contribution in [0.4, 0.5) is 0 Å². The molecule has 524 valence electrons. The summed E-state index contributed by atoms with van der Waals surface area (Å²) in [5, 5.41) is 21.1. The van der Waals surface area contributed by atoms with Gasteiger partial charge in [-0.2, -0.15) is 11.8 Å². The predicted octanol–water partition coefficient (Wildman–Crippen LogP) is -3.71. The van der Waals surface area contributed by atoms with Crippen LogP contribution in [0.3, 0.4) is 0 Å². The molecule has 2 aromatic rings. The van der Waals surface area contributed by atoms with Gasteiger partial charge in [0, 0.05) is 45.3 Å². The summed E-state index contributed by atoms with van der Waals surface area (Å²) in [7, 11) is 0. The fourth-order valence-corrected chi connectivity index (χ4v) is 11.5. The average molecular weight is 1350 g/mol. The molecule has 31 nitrogen and oxygen atoms in total. The Morgan fingerprint density at radius 1 is 0.537 bits per heavy atom. The number of benzene rings is 2. The molecule has 0 spiro atoms. The Balaban J connectivity index is 1.56. The number of unbranched alkanes of at least 4 members (excludes halogenated alkanes) is 1. The monoisotopic (exact) mass is 1350 g/mol. The number of carbonyl (C=O) groups excluding carboxylic acids is 13. The Morgan fingerprint density at radius 3 is 1.51 bits per heavy atom. The molecule has 2 heterocycles. The van der Waals surface area contributed by atoms with Crippen LogP contribution >= 0.6 is 11.8 Å². The second-order valence-corrected chi connectivity index (χ2v) is 25.1. The topological polar surface area (TPSA) is 519 Å². The molecule has 0 unspecified atom stereocenters. The number of hydrogen-bond donors (Lipinski definition) is 15. The molecule has 2 aliphatic heterocycles. The van der Waals surface area contributed by atoms with Crippen molar-refractivity contribution in [3.8, 4) is 0 Å². The number of carbonyl (C=O) groups is 13. The summed E-state index contributed by atoms with van der Waals surface area (Å²) in [6.07, 6.45) is 3.12. The number of guanidine groups is 1. The fraction of sp³-hybridized carbons (Fsp3) is 0.587. The van der Waals surface area contributed by atoms with E-state index in [9.17, 15) is 62.3 Å². The van der Waals surface area contributed by atoms with Gasteiger partial charge < -0.3 is 92.5 Å². The molecule has 2 aliphatic rings. The van der Waals surface area contributed by atoms with Crippen molar-refractivity contribution >= 4 is 94.5 Å². The Hall–Kier alpha value is -8.91. The highest BCUT2D eigenvalue weighted by Crippen LogP contribution is 2.24. The van der Waals surface area contributed by atoms with Crippen molar-refractivity contribution in [2.75, 3.05) is 44.7 Å². The number of nitrogens with zero attached hydrogens (tertiary/aromatic N) is 3. The van der Waals surface area contributed by atoms with Gasteiger partial charge in [0.1, 0.15) is 54.4 Å². The van der Waals surface area contributed by atoms with Gasteiger partial charge in [0.25, 0.3) is 0 Å². The smallest absolute Gasteiger partial charge is 0.245 e. The molecule has 13 amide bonds. The first-order valence-corrected chi connectivity index (χ1v) is 33.6. The van der Waals surface area contributed by atoms with Crippen molar-refractivity contribution in [1.82, 2.24) is 52.3 Å². The van der Waals surface area contributed by atoms with E-state index in [1.165, 1.54) is 21.6 Å². The van der Waals surface area contributed by atoms with Gasteiger partial charge in [-0.05, 0) is 119 Å². The zero-order valence-electron chi connectivity index (χ0n) is 54.5. The first-order chi connectivity index (χ1) is 45.2. The first-order valence-electron chi connectivity index (χ1n) is 32.2. The molecule has 2 fully saturated rings. The Morgan fingerprint density at radius 2 is 1.01 bits per heavy atom. The fourth-order valence-electron chi connectivity index (χ4n) is 11.0. The number of amides is 13. The van der Waals surface area contributed by atoms with Crippen LogP contribution in [-0.2, 0) is 75.2 Å². The number of nitrogens with one attached hydrogen (secondary N) is 8.